The number of nitrogens with one attached hydrogen (secondary N) is 4. The molecule has 2 aromatic rings. The fourth-order valence-electron chi connectivity index (χ4n) is 4.41. The van der Waals surface area contributed by atoms with Crippen molar-refractivity contribution in [3.05, 3.63) is 33.9 Å². The second-order valence-corrected chi connectivity index (χ2v) is 11.8. The van der Waals surface area contributed by atoms with Crippen LogP contribution >= 0.6 is 23.2 Å². The van der Waals surface area contributed by atoms with Crippen LogP contribution in [0.5, 0.6) is 0 Å². The van der Waals surface area contributed by atoms with E-state index in [1.54, 1.807) is 18.2 Å². The van der Waals surface area contributed by atoms with Crippen molar-refractivity contribution in [1.82, 2.24) is 20.9 Å². The maximum Gasteiger partial charge on any atom is 0.268 e. The number of carbonyl (C=O) groups is 3. The normalized spacial score (nSPS) is 19.0. The van der Waals surface area contributed by atoms with E-state index >= 15 is 0 Å². The number of aromatic amines is 1. The molecule has 1 fully saturated rings. The van der Waals surface area contributed by atoms with Gasteiger partial charge in [0.05, 0.1) is 21.6 Å². The van der Waals surface area contributed by atoms with Gasteiger partial charge in [0.2, 0.25) is 11.8 Å². The number of hydrogen-bond acceptors (Lipinski definition) is 4. The summed E-state index contributed by atoms with van der Waals surface area (Å²) in [5.41, 5.74) is 0.131. The molecular weight excluding hydrogens is 489 g/mol. The van der Waals surface area contributed by atoms with Crippen molar-refractivity contribution in [3.63, 3.8) is 0 Å². The highest BCUT2D eigenvalue weighted by atomic mass is 35.5. The van der Waals surface area contributed by atoms with Gasteiger partial charge in [-0.05, 0) is 50.7 Å². The summed E-state index contributed by atoms with van der Waals surface area (Å²) in [6.07, 6.45) is 1.12. The summed E-state index contributed by atoms with van der Waals surface area (Å²) in [6, 6.07) is 5.35. The lowest BCUT2D eigenvalue weighted by Crippen LogP contribution is -2.51. The van der Waals surface area contributed by atoms with Crippen LogP contribution in [0.4, 0.5) is 0 Å². The average Bonchev–Trinajstić information content (AvgIpc) is 3.29. The molecule has 35 heavy (non-hydrogen) atoms. The molecule has 0 saturated carbocycles. The summed E-state index contributed by atoms with van der Waals surface area (Å²) < 4.78 is 0. The van der Waals surface area contributed by atoms with E-state index in [0.29, 0.717) is 33.8 Å². The fraction of sp³-hybridized carbons (Fsp3) is 0.520. The molecule has 2 heterocycles. The van der Waals surface area contributed by atoms with Crippen LogP contribution in [0, 0.1) is 22.7 Å². The predicted molar refractivity (Wildman–Crippen MR) is 136 cm³/mol. The van der Waals surface area contributed by atoms with Gasteiger partial charge in [-0.25, -0.2) is 0 Å². The molecule has 0 bridgehead atoms. The maximum atomic E-state index is 13.2. The molecule has 1 aromatic carbocycles. The van der Waals surface area contributed by atoms with Crippen LogP contribution in [-0.2, 0) is 9.59 Å². The Kier molecular flexibility index (Phi) is 7.73. The monoisotopic (exact) mass is 519 g/mol. The Balaban J connectivity index is 1.75. The minimum absolute atomic E-state index is 0.124. The smallest absolute Gasteiger partial charge is 0.268 e. The molecule has 0 spiro atoms. The van der Waals surface area contributed by atoms with Gasteiger partial charge in [0.25, 0.3) is 5.91 Å². The van der Waals surface area contributed by atoms with E-state index in [1.165, 1.54) is 0 Å². The van der Waals surface area contributed by atoms with Crippen molar-refractivity contribution in [2.75, 3.05) is 0 Å². The van der Waals surface area contributed by atoms with Crippen LogP contribution < -0.4 is 16.0 Å². The van der Waals surface area contributed by atoms with Crippen molar-refractivity contribution in [2.24, 2.45) is 11.3 Å². The fourth-order valence-corrected chi connectivity index (χ4v) is 4.78. The van der Waals surface area contributed by atoms with Crippen molar-refractivity contribution < 1.29 is 14.4 Å². The number of nitriles is 1. The Hall–Kier alpha value is -2.76. The molecule has 1 aromatic heterocycles. The molecule has 8 nitrogen and oxygen atoms in total. The summed E-state index contributed by atoms with van der Waals surface area (Å²) >= 11 is 12.3. The number of fused-ring (bicyclic) bond motifs is 1. The quantitative estimate of drug-likeness (QED) is 0.434. The second kappa shape index (κ2) is 10.1. The first-order chi connectivity index (χ1) is 16.2. The summed E-state index contributed by atoms with van der Waals surface area (Å²) in [6.45, 7) is 9.71. The summed E-state index contributed by atoms with van der Waals surface area (Å²) in [5, 5.41) is 19.4. The first kappa shape index (κ1) is 26.8. The lowest BCUT2D eigenvalue weighted by atomic mass is 9.87. The zero-order valence-electron chi connectivity index (χ0n) is 20.5. The molecule has 0 aliphatic carbocycles. The lowest BCUT2D eigenvalue weighted by molar-refractivity contribution is -0.125. The second-order valence-electron chi connectivity index (χ2n) is 11.0. The third-order valence-corrected chi connectivity index (χ3v) is 6.76. The van der Waals surface area contributed by atoms with Crippen molar-refractivity contribution in [2.45, 2.75) is 71.5 Å². The third-order valence-electron chi connectivity index (χ3n) is 5.95. The molecule has 1 aliphatic rings. The zero-order valence-corrected chi connectivity index (χ0v) is 22.0. The Labute approximate surface area is 215 Å². The number of nitrogens with zero attached hydrogens (tertiary/aromatic N) is 1. The number of amides is 3. The first-order valence-corrected chi connectivity index (χ1v) is 12.2. The van der Waals surface area contributed by atoms with E-state index in [-0.39, 0.29) is 34.9 Å². The van der Waals surface area contributed by atoms with E-state index in [1.807, 2.05) is 34.6 Å². The molecular formula is C25H31Cl2N5O3. The van der Waals surface area contributed by atoms with E-state index in [9.17, 15) is 19.6 Å². The van der Waals surface area contributed by atoms with Crippen LogP contribution in [0.15, 0.2) is 18.2 Å². The lowest BCUT2D eigenvalue weighted by Gasteiger charge is -2.27. The maximum absolute atomic E-state index is 13.2. The van der Waals surface area contributed by atoms with Gasteiger partial charge in [-0.3, -0.25) is 14.4 Å². The Morgan fingerprint density at radius 3 is 2.51 bits per heavy atom. The minimum Gasteiger partial charge on any atom is -0.351 e. The molecule has 3 unspecified atom stereocenters. The van der Waals surface area contributed by atoms with Gasteiger partial charge in [0.1, 0.15) is 17.8 Å². The molecule has 10 heteroatoms. The van der Waals surface area contributed by atoms with Crippen molar-refractivity contribution in [3.8, 4) is 6.07 Å². The van der Waals surface area contributed by atoms with Gasteiger partial charge in [0.15, 0.2) is 0 Å². The molecule has 1 saturated heterocycles. The Morgan fingerprint density at radius 2 is 1.94 bits per heavy atom. The first-order valence-electron chi connectivity index (χ1n) is 11.5. The Bertz CT molecular complexity index is 1190. The molecule has 0 radical (unpaired) electrons. The van der Waals surface area contributed by atoms with E-state index < -0.39 is 23.9 Å². The molecule has 3 rings (SSSR count). The molecule has 3 amide bonds. The SMILES string of the molecule is CC(C)(C)CC(NC(=O)c1cc2ccc(Cl)c(Cl)c2[nH]1)C(=O)NC(C#N)CC1CC(C)(C)NC1=O. The highest BCUT2D eigenvalue weighted by Gasteiger charge is 2.39. The highest BCUT2D eigenvalue weighted by Crippen LogP contribution is 2.31. The van der Waals surface area contributed by atoms with Gasteiger partial charge in [-0.1, -0.05) is 50.0 Å². The molecule has 3 atom stereocenters. The summed E-state index contributed by atoms with van der Waals surface area (Å²) in [7, 11) is 0. The summed E-state index contributed by atoms with van der Waals surface area (Å²) in [5.74, 6) is -1.45. The topological polar surface area (TPSA) is 127 Å². The number of hydrogen-bond donors (Lipinski definition) is 4. The molecule has 188 valence electrons. The standard InChI is InChI=1S/C25H31Cl2N5O3/c1-24(2,3)11-18(23(35)29-15(12-28)8-14-10-25(4,5)32-21(14)33)31-22(34)17-9-13-6-7-16(26)19(27)20(13)30-17/h6-7,9,14-15,18,30H,8,10-11H2,1-5H3,(H,29,35)(H,31,34)(H,32,33). The van der Waals surface area contributed by atoms with Crippen LogP contribution in [0.1, 0.15) is 64.4 Å². The van der Waals surface area contributed by atoms with E-state index in [2.05, 4.69) is 27.0 Å². The third kappa shape index (κ3) is 6.68. The predicted octanol–water partition coefficient (Wildman–Crippen LogP) is 4.32. The van der Waals surface area contributed by atoms with Gasteiger partial charge in [-0.15, -0.1) is 0 Å². The van der Waals surface area contributed by atoms with Crippen LogP contribution in [0.25, 0.3) is 10.9 Å². The number of benzene rings is 1. The zero-order chi connectivity index (χ0) is 26.1. The number of carbonyl (C=O) groups excluding carboxylic acids is 3. The van der Waals surface area contributed by atoms with Gasteiger partial charge < -0.3 is 20.9 Å². The number of halogens is 2. The van der Waals surface area contributed by atoms with Gasteiger partial charge >= 0.3 is 0 Å². The number of H-pyrrole nitrogens is 1. The number of aromatic nitrogens is 1. The highest BCUT2D eigenvalue weighted by molar-refractivity contribution is 6.45. The van der Waals surface area contributed by atoms with Crippen molar-refractivity contribution >= 4 is 51.8 Å². The average molecular weight is 520 g/mol. The minimum atomic E-state index is -0.891. The largest absolute Gasteiger partial charge is 0.351 e. The van der Waals surface area contributed by atoms with E-state index in [0.717, 1.165) is 0 Å². The van der Waals surface area contributed by atoms with Crippen molar-refractivity contribution in [1.29, 1.82) is 5.26 Å². The number of rotatable bonds is 7. The van der Waals surface area contributed by atoms with Gasteiger partial charge in [-0.2, -0.15) is 5.26 Å². The molecule has 1 aliphatic heterocycles. The van der Waals surface area contributed by atoms with Crippen LogP contribution in [0.3, 0.4) is 0 Å². The summed E-state index contributed by atoms with van der Waals surface area (Å²) in [4.78, 5) is 41.5. The van der Waals surface area contributed by atoms with Crippen LogP contribution in [-0.4, -0.2) is 40.3 Å². The Morgan fingerprint density at radius 1 is 1.26 bits per heavy atom. The van der Waals surface area contributed by atoms with Gasteiger partial charge in [0, 0.05) is 16.8 Å². The van der Waals surface area contributed by atoms with E-state index in [4.69, 9.17) is 23.2 Å². The molecule has 4 N–H and O–H groups in total. The van der Waals surface area contributed by atoms with Crippen LogP contribution in [0.2, 0.25) is 10.0 Å².